The highest BCUT2D eigenvalue weighted by molar-refractivity contribution is 5.37. The lowest BCUT2D eigenvalue weighted by Gasteiger charge is -2.11. The summed E-state index contributed by atoms with van der Waals surface area (Å²) in [6.45, 7) is 4.18. The van der Waals surface area contributed by atoms with Crippen LogP contribution in [0.5, 0.6) is 5.75 Å². The average Bonchev–Trinajstić information content (AvgIpc) is 2.38. The maximum Gasteiger partial charge on any atom is 0.123 e. The van der Waals surface area contributed by atoms with Crippen molar-refractivity contribution in [2.24, 2.45) is 0 Å². The van der Waals surface area contributed by atoms with Gasteiger partial charge in [-0.3, -0.25) is 0 Å². The number of aliphatic hydroxyl groups is 1. The zero-order valence-corrected chi connectivity index (χ0v) is 10.8. The molecule has 0 heterocycles. The van der Waals surface area contributed by atoms with Gasteiger partial charge in [0.2, 0.25) is 0 Å². The van der Waals surface area contributed by atoms with E-state index in [0.717, 1.165) is 38.1 Å². The molecule has 0 radical (unpaired) electrons. The summed E-state index contributed by atoms with van der Waals surface area (Å²) >= 11 is 0. The molecule has 17 heavy (non-hydrogen) atoms. The third kappa shape index (κ3) is 4.75. The largest absolute Gasteiger partial charge is 0.496 e. The van der Waals surface area contributed by atoms with Crippen LogP contribution in [-0.4, -0.2) is 25.4 Å². The van der Waals surface area contributed by atoms with Crippen molar-refractivity contribution in [3.8, 4) is 5.75 Å². The highest BCUT2D eigenvalue weighted by atomic mass is 16.5. The van der Waals surface area contributed by atoms with E-state index in [9.17, 15) is 0 Å². The Kier molecular flexibility index (Phi) is 6.67. The summed E-state index contributed by atoms with van der Waals surface area (Å²) in [7, 11) is 1.70. The molecule has 2 N–H and O–H groups in total. The molecule has 0 aliphatic rings. The first kappa shape index (κ1) is 14.0. The minimum atomic E-state index is 0.274. The van der Waals surface area contributed by atoms with Gasteiger partial charge in [0.25, 0.3) is 0 Å². The molecule has 0 saturated heterocycles. The zero-order valence-electron chi connectivity index (χ0n) is 10.8. The van der Waals surface area contributed by atoms with Gasteiger partial charge in [0.1, 0.15) is 5.75 Å². The van der Waals surface area contributed by atoms with Gasteiger partial charge in [0.15, 0.2) is 0 Å². The molecule has 0 unspecified atom stereocenters. The predicted octanol–water partition coefficient (Wildman–Crippen LogP) is 2.12. The molecule has 96 valence electrons. The van der Waals surface area contributed by atoms with Crippen LogP contribution in [0.15, 0.2) is 18.2 Å². The van der Waals surface area contributed by atoms with Crippen LogP contribution in [0.1, 0.15) is 30.9 Å². The highest BCUT2D eigenvalue weighted by Crippen LogP contribution is 2.19. The summed E-state index contributed by atoms with van der Waals surface area (Å²) in [4.78, 5) is 0. The van der Waals surface area contributed by atoms with Gasteiger partial charge in [0, 0.05) is 18.7 Å². The third-order valence-corrected chi connectivity index (χ3v) is 2.83. The van der Waals surface area contributed by atoms with E-state index in [1.807, 2.05) is 6.07 Å². The second kappa shape index (κ2) is 8.09. The van der Waals surface area contributed by atoms with Crippen molar-refractivity contribution in [1.82, 2.24) is 5.32 Å². The van der Waals surface area contributed by atoms with E-state index >= 15 is 0 Å². The molecule has 0 fully saturated rings. The Morgan fingerprint density at radius 2 is 2.12 bits per heavy atom. The van der Waals surface area contributed by atoms with Crippen molar-refractivity contribution >= 4 is 0 Å². The number of rotatable bonds is 8. The van der Waals surface area contributed by atoms with Crippen LogP contribution in [0.25, 0.3) is 0 Å². The Hall–Kier alpha value is -1.06. The highest BCUT2D eigenvalue weighted by Gasteiger charge is 2.03. The van der Waals surface area contributed by atoms with Crippen LogP contribution in [0.2, 0.25) is 0 Å². The molecule has 1 aromatic rings. The molecule has 0 aliphatic carbocycles. The Morgan fingerprint density at radius 3 is 2.76 bits per heavy atom. The molecule has 0 bridgehead atoms. The summed E-state index contributed by atoms with van der Waals surface area (Å²) in [5.41, 5.74) is 2.54. The van der Waals surface area contributed by atoms with Gasteiger partial charge in [-0.2, -0.15) is 0 Å². The molecule has 0 aliphatic heterocycles. The first-order valence-electron chi connectivity index (χ1n) is 6.29. The average molecular weight is 237 g/mol. The minimum Gasteiger partial charge on any atom is -0.496 e. The normalized spacial score (nSPS) is 10.5. The van der Waals surface area contributed by atoms with Crippen molar-refractivity contribution < 1.29 is 9.84 Å². The quantitative estimate of drug-likeness (QED) is 0.680. The third-order valence-electron chi connectivity index (χ3n) is 2.83. The molecule has 1 rings (SSSR count). The fourth-order valence-corrected chi connectivity index (χ4v) is 1.77. The smallest absolute Gasteiger partial charge is 0.123 e. The van der Waals surface area contributed by atoms with Crippen LogP contribution in [0.4, 0.5) is 0 Å². The number of hydrogen-bond acceptors (Lipinski definition) is 3. The Morgan fingerprint density at radius 1 is 1.29 bits per heavy atom. The maximum absolute atomic E-state index is 8.69. The van der Waals surface area contributed by atoms with Crippen molar-refractivity contribution in [1.29, 1.82) is 0 Å². The SMILES string of the molecule is CCc1ccc(OC)c(CNCCCCO)c1. The van der Waals surface area contributed by atoms with E-state index in [0.29, 0.717) is 0 Å². The van der Waals surface area contributed by atoms with Gasteiger partial charge < -0.3 is 15.2 Å². The maximum atomic E-state index is 8.69. The first-order valence-corrected chi connectivity index (χ1v) is 6.29. The van der Waals surface area contributed by atoms with Crippen molar-refractivity contribution in [3.05, 3.63) is 29.3 Å². The number of nitrogens with one attached hydrogen (secondary N) is 1. The molecule has 0 saturated carbocycles. The van der Waals surface area contributed by atoms with Gasteiger partial charge in [-0.05, 0) is 37.4 Å². The topological polar surface area (TPSA) is 41.5 Å². The van der Waals surface area contributed by atoms with Crippen LogP contribution >= 0.6 is 0 Å². The van der Waals surface area contributed by atoms with Gasteiger partial charge in [-0.25, -0.2) is 0 Å². The van der Waals surface area contributed by atoms with Crippen LogP contribution in [0.3, 0.4) is 0 Å². The number of ether oxygens (including phenoxy) is 1. The van der Waals surface area contributed by atoms with E-state index in [1.165, 1.54) is 11.1 Å². The van der Waals surface area contributed by atoms with Gasteiger partial charge in [-0.15, -0.1) is 0 Å². The first-order chi connectivity index (χ1) is 8.31. The summed E-state index contributed by atoms with van der Waals surface area (Å²) in [6.07, 6.45) is 2.91. The molecule has 0 atom stereocenters. The number of methoxy groups -OCH3 is 1. The lowest BCUT2D eigenvalue weighted by molar-refractivity contribution is 0.283. The molecule has 1 aromatic carbocycles. The molecule has 0 spiro atoms. The molecule has 3 nitrogen and oxygen atoms in total. The monoisotopic (exact) mass is 237 g/mol. The number of unbranched alkanes of at least 4 members (excludes halogenated alkanes) is 1. The number of hydrogen-bond donors (Lipinski definition) is 2. The van der Waals surface area contributed by atoms with Crippen LogP contribution < -0.4 is 10.1 Å². The molecular weight excluding hydrogens is 214 g/mol. The van der Waals surface area contributed by atoms with E-state index in [2.05, 4.69) is 24.4 Å². The summed E-state index contributed by atoms with van der Waals surface area (Å²) in [5.74, 6) is 0.942. The van der Waals surface area contributed by atoms with Crippen molar-refractivity contribution in [3.63, 3.8) is 0 Å². The summed E-state index contributed by atoms with van der Waals surface area (Å²) in [6, 6.07) is 6.33. The molecule has 0 amide bonds. The fraction of sp³-hybridized carbons (Fsp3) is 0.571. The second-order valence-electron chi connectivity index (χ2n) is 4.11. The molecule has 0 aromatic heterocycles. The van der Waals surface area contributed by atoms with Gasteiger partial charge in [-0.1, -0.05) is 19.1 Å². The minimum absolute atomic E-state index is 0.274. The predicted molar refractivity (Wildman–Crippen MR) is 70.4 cm³/mol. The Bertz CT molecular complexity index is 326. The number of aryl methyl sites for hydroxylation is 1. The van der Waals surface area contributed by atoms with Crippen LogP contribution in [-0.2, 0) is 13.0 Å². The Balaban J connectivity index is 2.49. The van der Waals surface area contributed by atoms with Crippen molar-refractivity contribution in [2.75, 3.05) is 20.3 Å². The van der Waals surface area contributed by atoms with E-state index in [4.69, 9.17) is 9.84 Å². The van der Waals surface area contributed by atoms with E-state index in [-0.39, 0.29) is 6.61 Å². The zero-order chi connectivity index (χ0) is 12.5. The molecular formula is C14H23NO2. The summed E-state index contributed by atoms with van der Waals surface area (Å²) < 4.78 is 5.34. The van der Waals surface area contributed by atoms with E-state index < -0.39 is 0 Å². The van der Waals surface area contributed by atoms with Gasteiger partial charge >= 0.3 is 0 Å². The van der Waals surface area contributed by atoms with Gasteiger partial charge in [0.05, 0.1) is 7.11 Å². The lowest BCUT2D eigenvalue weighted by Crippen LogP contribution is -2.15. The van der Waals surface area contributed by atoms with Crippen LogP contribution in [0, 0.1) is 0 Å². The summed E-state index contributed by atoms with van der Waals surface area (Å²) in [5, 5.41) is 12.1. The lowest BCUT2D eigenvalue weighted by atomic mass is 10.1. The number of aliphatic hydroxyl groups excluding tert-OH is 1. The molecule has 3 heteroatoms. The van der Waals surface area contributed by atoms with Crippen molar-refractivity contribution in [2.45, 2.75) is 32.7 Å². The van der Waals surface area contributed by atoms with E-state index in [1.54, 1.807) is 7.11 Å². The Labute approximate surface area is 104 Å². The standard InChI is InChI=1S/C14H23NO2/c1-3-12-6-7-14(17-2)13(10-12)11-15-8-4-5-9-16/h6-7,10,15-16H,3-5,8-9,11H2,1-2H3. The second-order valence-corrected chi connectivity index (χ2v) is 4.11. The number of benzene rings is 1. The fourth-order valence-electron chi connectivity index (χ4n) is 1.77.